The molecular weight excluding hydrogens is 248 g/mol. The molecule has 1 rings (SSSR count). The third-order valence-electron chi connectivity index (χ3n) is 3.18. The third-order valence-corrected chi connectivity index (χ3v) is 3.18. The third kappa shape index (κ3) is 6.87. The molecule has 0 unspecified atom stereocenters. The van der Waals surface area contributed by atoms with Crippen LogP contribution in [0.5, 0.6) is 0 Å². The van der Waals surface area contributed by atoms with E-state index in [1.807, 2.05) is 6.20 Å². The van der Waals surface area contributed by atoms with Crippen LogP contribution in [0.2, 0.25) is 0 Å². The predicted octanol–water partition coefficient (Wildman–Crippen LogP) is 2.22. The highest BCUT2D eigenvalue weighted by Crippen LogP contribution is 2.11. The van der Waals surface area contributed by atoms with Gasteiger partial charge in [-0.2, -0.15) is 0 Å². The van der Waals surface area contributed by atoms with Crippen LogP contribution in [0.25, 0.3) is 0 Å². The summed E-state index contributed by atoms with van der Waals surface area (Å²) >= 11 is 0. The molecule has 0 aliphatic heterocycles. The smallest absolute Gasteiger partial charge is 0.128 e. The highest BCUT2D eigenvalue weighted by atomic mass is 15.2. The van der Waals surface area contributed by atoms with Crippen LogP contribution in [0.1, 0.15) is 25.8 Å². The molecule has 0 fully saturated rings. The summed E-state index contributed by atoms with van der Waals surface area (Å²) in [7, 11) is 6.34. The van der Waals surface area contributed by atoms with Crippen LogP contribution in [-0.2, 0) is 6.54 Å². The largest absolute Gasteiger partial charge is 0.360 e. The molecule has 0 bridgehead atoms. The van der Waals surface area contributed by atoms with E-state index >= 15 is 0 Å². The minimum atomic E-state index is 0.685. The molecule has 0 aliphatic rings. The summed E-state index contributed by atoms with van der Waals surface area (Å²) in [5.41, 5.74) is 1.30. The molecule has 0 radical (unpaired) electrons. The fourth-order valence-electron chi connectivity index (χ4n) is 2.02. The molecule has 114 valence electrons. The van der Waals surface area contributed by atoms with Crippen molar-refractivity contribution in [2.75, 3.05) is 45.7 Å². The van der Waals surface area contributed by atoms with Gasteiger partial charge in [-0.25, -0.2) is 4.98 Å². The van der Waals surface area contributed by atoms with Gasteiger partial charge in [-0.1, -0.05) is 13.8 Å². The molecule has 0 atom stereocenters. The molecule has 4 heteroatoms. The zero-order valence-corrected chi connectivity index (χ0v) is 13.7. The van der Waals surface area contributed by atoms with Crippen molar-refractivity contribution in [3.8, 4) is 0 Å². The number of nitrogens with one attached hydrogen (secondary N) is 1. The van der Waals surface area contributed by atoms with E-state index < -0.39 is 0 Å². The van der Waals surface area contributed by atoms with Crippen LogP contribution in [-0.4, -0.2) is 50.7 Å². The molecule has 20 heavy (non-hydrogen) atoms. The molecule has 0 amide bonds. The summed E-state index contributed by atoms with van der Waals surface area (Å²) in [6.07, 6.45) is 3.06. The molecule has 1 N–H and O–H groups in total. The molecule has 0 saturated carbocycles. The van der Waals surface area contributed by atoms with E-state index in [4.69, 9.17) is 0 Å². The Balaban J connectivity index is 2.45. The van der Waals surface area contributed by atoms with Crippen molar-refractivity contribution < 1.29 is 0 Å². The standard InChI is InChI=1S/C16H30N4/c1-14(2)12-17-13-15-7-8-18-16(11-15)20(5)10-6-9-19(3)4/h7-8,11,14,17H,6,9-10,12-13H2,1-5H3. The number of anilines is 1. The van der Waals surface area contributed by atoms with Crippen molar-refractivity contribution in [3.05, 3.63) is 23.9 Å². The normalized spacial score (nSPS) is 11.3. The van der Waals surface area contributed by atoms with Crippen LogP contribution in [0.4, 0.5) is 5.82 Å². The Kier molecular flexibility index (Phi) is 7.55. The second-order valence-electron chi connectivity index (χ2n) is 6.13. The number of pyridine rings is 1. The lowest BCUT2D eigenvalue weighted by Gasteiger charge is -2.20. The van der Waals surface area contributed by atoms with Gasteiger partial charge in [0.05, 0.1) is 0 Å². The van der Waals surface area contributed by atoms with Crippen LogP contribution in [0, 0.1) is 5.92 Å². The van der Waals surface area contributed by atoms with Crippen LogP contribution < -0.4 is 10.2 Å². The quantitative estimate of drug-likeness (QED) is 0.750. The van der Waals surface area contributed by atoms with Crippen molar-refractivity contribution >= 4 is 5.82 Å². The van der Waals surface area contributed by atoms with Crippen molar-refractivity contribution in [1.82, 2.24) is 15.2 Å². The molecule has 1 heterocycles. The molecular formula is C16H30N4. The van der Waals surface area contributed by atoms with Crippen molar-refractivity contribution in [1.29, 1.82) is 0 Å². The Morgan fingerprint density at radius 3 is 2.60 bits per heavy atom. The Morgan fingerprint density at radius 1 is 1.20 bits per heavy atom. The number of rotatable bonds is 9. The minimum absolute atomic E-state index is 0.685. The lowest BCUT2D eigenvalue weighted by Crippen LogP contribution is -2.24. The first kappa shape index (κ1) is 16.9. The summed E-state index contributed by atoms with van der Waals surface area (Å²) in [6.45, 7) is 8.57. The average molecular weight is 278 g/mol. The predicted molar refractivity (Wildman–Crippen MR) is 87.2 cm³/mol. The van der Waals surface area contributed by atoms with Gasteiger partial charge in [0.25, 0.3) is 0 Å². The maximum absolute atomic E-state index is 4.46. The van der Waals surface area contributed by atoms with E-state index in [-0.39, 0.29) is 0 Å². The fourth-order valence-corrected chi connectivity index (χ4v) is 2.02. The highest BCUT2D eigenvalue weighted by molar-refractivity contribution is 5.39. The Labute approximate surface area is 124 Å². The number of aromatic nitrogens is 1. The van der Waals surface area contributed by atoms with Crippen LogP contribution in [0.15, 0.2) is 18.3 Å². The summed E-state index contributed by atoms with van der Waals surface area (Å²) < 4.78 is 0. The second-order valence-corrected chi connectivity index (χ2v) is 6.13. The van der Waals surface area contributed by atoms with Gasteiger partial charge in [0.15, 0.2) is 0 Å². The summed E-state index contributed by atoms with van der Waals surface area (Å²) in [5, 5.41) is 3.47. The molecule has 4 nitrogen and oxygen atoms in total. The molecule has 0 aromatic carbocycles. The lowest BCUT2D eigenvalue weighted by molar-refractivity contribution is 0.401. The molecule has 1 aromatic heterocycles. The van der Waals surface area contributed by atoms with Gasteiger partial charge in [-0.3, -0.25) is 0 Å². The average Bonchev–Trinajstić information content (AvgIpc) is 2.38. The van der Waals surface area contributed by atoms with Crippen molar-refractivity contribution in [2.45, 2.75) is 26.8 Å². The highest BCUT2D eigenvalue weighted by Gasteiger charge is 2.04. The first-order chi connectivity index (χ1) is 9.49. The van der Waals surface area contributed by atoms with Gasteiger partial charge in [-0.05, 0) is 57.2 Å². The van der Waals surface area contributed by atoms with E-state index in [2.05, 4.69) is 67.2 Å². The van der Waals surface area contributed by atoms with Gasteiger partial charge in [0.1, 0.15) is 5.82 Å². The van der Waals surface area contributed by atoms with E-state index in [1.54, 1.807) is 0 Å². The van der Waals surface area contributed by atoms with Crippen molar-refractivity contribution in [3.63, 3.8) is 0 Å². The van der Waals surface area contributed by atoms with Crippen LogP contribution in [0.3, 0.4) is 0 Å². The monoisotopic (exact) mass is 278 g/mol. The number of hydrogen-bond donors (Lipinski definition) is 1. The Hall–Kier alpha value is -1.13. The zero-order valence-electron chi connectivity index (χ0n) is 13.7. The van der Waals surface area contributed by atoms with E-state index in [0.29, 0.717) is 5.92 Å². The minimum Gasteiger partial charge on any atom is -0.360 e. The maximum Gasteiger partial charge on any atom is 0.128 e. The SMILES string of the molecule is CC(C)CNCc1ccnc(N(C)CCCN(C)C)c1. The first-order valence-corrected chi connectivity index (χ1v) is 7.50. The fraction of sp³-hybridized carbons (Fsp3) is 0.688. The molecule has 0 aliphatic carbocycles. The number of nitrogens with zero attached hydrogens (tertiary/aromatic N) is 3. The maximum atomic E-state index is 4.46. The summed E-state index contributed by atoms with van der Waals surface area (Å²) in [5.74, 6) is 1.75. The van der Waals surface area contributed by atoms with Gasteiger partial charge >= 0.3 is 0 Å². The van der Waals surface area contributed by atoms with E-state index in [1.165, 1.54) is 5.56 Å². The zero-order chi connectivity index (χ0) is 15.0. The molecule has 1 aromatic rings. The summed E-state index contributed by atoms with van der Waals surface area (Å²) in [4.78, 5) is 8.91. The van der Waals surface area contributed by atoms with Crippen molar-refractivity contribution in [2.24, 2.45) is 5.92 Å². The van der Waals surface area contributed by atoms with Gasteiger partial charge < -0.3 is 15.1 Å². The number of hydrogen-bond acceptors (Lipinski definition) is 4. The van der Waals surface area contributed by atoms with Gasteiger partial charge in [-0.15, -0.1) is 0 Å². The van der Waals surface area contributed by atoms with Gasteiger partial charge in [0.2, 0.25) is 0 Å². The summed E-state index contributed by atoms with van der Waals surface area (Å²) in [6, 6.07) is 4.27. The van der Waals surface area contributed by atoms with Gasteiger partial charge in [0, 0.05) is 26.3 Å². The van der Waals surface area contributed by atoms with Crippen LogP contribution >= 0.6 is 0 Å². The molecule has 0 spiro atoms. The molecule has 0 saturated heterocycles. The second kappa shape index (κ2) is 8.93. The van der Waals surface area contributed by atoms with E-state index in [9.17, 15) is 0 Å². The topological polar surface area (TPSA) is 31.4 Å². The van der Waals surface area contributed by atoms with E-state index in [0.717, 1.165) is 38.4 Å². The first-order valence-electron chi connectivity index (χ1n) is 7.50. The Bertz CT molecular complexity index is 376. The lowest BCUT2D eigenvalue weighted by atomic mass is 10.2. The Morgan fingerprint density at radius 2 is 1.95 bits per heavy atom.